The summed E-state index contributed by atoms with van der Waals surface area (Å²) in [4.78, 5) is 1.57. The average molecular weight is 209 g/mol. The first kappa shape index (κ1) is 8.74. The van der Waals surface area contributed by atoms with Gasteiger partial charge in [0.1, 0.15) is 11.9 Å². The molecule has 1 aromatic heterocycles. The molecular formula is C11H15NOS. The molecule has 0 saturated carbocycles. The summed E-state index contributed by atoms with van der Waals surface area (Å²) in [6.45, 7) is 2.04. The Hall–Kier alpha value is -0.540. The van der Waals surface area contributed by atoms with Crippen molar-refractivity contribution in [2.75, 3.05) is 13.1 Å². The molecule has 2 nitrogen and oxygen atoms in total. The first-order valence-electron chi connectivity index (χ1n) is 5.40. The van der Waals surface area contributed by atoms with E-state index >= 15 is 0 Å². The molecule has 0 atom stereocenters. The van der Waals surface area contributed by atoms with Crippen molar-refractivity contribution in [1.82, 2.24) is 5.32 Å². The standard InChI is InChI=1S/C11H15NOS/c1-2-4-11-9(3-1)10(7-14-11)13-8-5-12-6-8/h7-8,12H,1-6H2. The van der Waals surface area contributed by atoms with Crippen molar-refractivity contribution in [3.8, 4) is 5.75 Å². The molecule has 1 aliphatic carbocycles. The van der Waals surface area contributed by atoms with Crippen LogP contribution in [0.15, 0.2) is 5.38 Å². The summed E-state index contributed by atoms with van der Waals surface area (Å²) in [6, 6.07) is 0. The third kappa shape index (κ3) is 1.44. The Bertz CT molecular complexity index is 330. The maximum absolute atomic E-state index is 5.94. The van der Waals surface area contributed by atoms with Crippen LogP contribution in [0.4, 0.5) is 0 Å². The summed E-state index contributed by atoms with van der Waals surface area (Å²) in [5.74, 6) is 1.18. The van der Waals surface area contributed by atoms with Crippen LogP contribution in [0.3, 0.4) is 0 Å². The minimum Gasteiger partial charge on any atom is -0.487 e. The molecule has 0 bridgehead atoms. The summed E-state index contributed by atoms with van der Waals surface area (Å²) >= 11 is 1.88. The maximum atomic E-state index is 5.94. The molecule has 0 amide bonds. The molecule has 2 heterocycles. The number of aryl methyl sites for hydroxylation is 1. The van der Waals surface area contributed by atoms with Crippen molar-refractivity contribution in [1.29, 1.82) is 0 Å². The minimum atomic E-state index is 0.427. The fourth-order valence-corrected chi connectivity index (χ4v) is 3.14. The number of fused-ring (bicyclic) bond motifs is 1. The van der Waals surface area contributed by atoms with Crippen molar-refractivity contribution in [2.24, 2.45) is 0 Å². The quantitative estimate of drug-likeness (QED) is 0.804. The number of rotatable bonds is 2. The zero-order valence-corrected chi connectivity index (χ0v) is 9.03. The highest BCUT2D eigenvalue weighted by Crippen LogP contribution is 2.35. The summed E-state index contributed by atoms with van der Waals surface area (Å²) in [5, 5.41) is 5.43. The zero-order valence-electron chi connectivity index (χ0n) is 8.21. The highest BCUT2D eigenvalue weighted by molar-refractivity contribution is 7.10. The van der Waals surface area contributed by atoms with E-state index in [1.807, 2.05) is 11.3 Å². The SMILES string of the molecule is c1sc2c(c1OC1CNC1)CCCC2. The predicted molar refractivity (Wildman–Crippen MR) is 58.2 cm³/mol. The van der Waals surface area contributed by atoms with Gasteiger partial charge in [0, 0.05) is 28.9 Å². The summed E-state index contributed by atoms with van der Waals surface area (Å²) in [6.07, 6.45) is 5.62. The van der Waals surface area contributed by atoms with Gasteiger partial charge in [0.25, 0.3) is 0 Å². The second-order valence-electron chi connectivity index (χ2n) is 4.11. The molecule has 3 rings (SSSR count). The summed E-state index contributed by atoms with van der Waals surface area (Å²) in [5.41, 5.74) is 1.51. The van der Waals surface area contributed by atoms with E-state index in [1.165, 1.54) is 37.0 Å². The van der Waals surface area contributed by atoms with E-state index in [9.17, 15) is 0 Å². The molecule has 1 fully saturated rings. The Kier molecular flexibility index (Phi) is 2.22. The van der Waals surface area contributed by atoms with Gasteiger partial charge >= 0.3 is 0 Å². The maximum Gasteiger partial charge on any atom is 0.134 e. The van der Waals surface area contributed by atoms with E-state index < -0.39 is 0 Å². The fourth-order valence-electron chi connectivity index (χ4n) is 2.09. The van der Waals surface area contributed by atoms with E-state index in [0.717, 1.165) is 13.1 Å². The van der Waals surface area contributed by atoms with Crippen molar-refractivity contribution < 1.29 is 4.74 Å². The monoisotopic (exact) mass is 209 g/mol. The van der Waals surface area contributed by atoms with Crippen LogP contribution in [0, 0.1) is 0 Å². The van der Waals surface area contributed by atoms with Gasteiger partial charge in [0.2, 0.25) is 0 Å². The second kappa shape index (κ2) is 3.55. The van der Waals surface area contributed by atoms with Crippen molar-refractivity contribution in [3.63, 3.8) is 0 Å². The second-order valence-corrected chi connectivity index (χ2v) is 5.07. The molecule has 1 N–H and O–H groups in total. The van der Waals surface area contributed by atoms with Gasteiger partial charge in [-0.15, -0.1) is 11.3 Å². The molecule has 76 valence electrons. The number of hydrogen-bond donors (Lipinski definition) is 1. The van der Waals surface area contributed by atoms with Crippen molar-refractivity contribution in [2.45, 2.75) is 31.8 Å². The first-order valence-corrected chi connectivity index (χ1v) is 6.28. The molecule has 0 unspecified atom stereocenters. The van der Waals surface area contributed by atoms with Crippen LogP contribution in [0.25, 0.3) is 0 Å². The molecule has 0 radical (unpaired) electrons. The van der Waals surface area contributed by atoms with Crippen molar-refractivity contribution >= 4 is 11.3 Å². The lowest BCUT2D eigenvalue weighted by atomic mass is 9.99. The molecule has 0 spiro atoms. The summed E-state index contributed by atoms with van der Waals surface area (Å²) in [7, 11) is 0. The molecule has 1 saturated heterocycles. The highest BCUT2D eigenvalue weighted by atomic mass is 32.1. The Morgan fingerprint density at radius 2 is 2.14 bits per heavy atom. The van der Waals surface area contributed by atoms with Crippen LogP contribution in [0.2, 0.25) is 0 Å². The minimum absolute atomic E-state index is 0.427. The molecule has 3 heteroatoms. The van der Waals surface area contributed by atoms with Gasteiger partial charge in [-0.1, -0.05) is 0 Å². The normalized spacial score (nSPS) is 21.4. The summed E-state index contributed by atoms with van der Waals surface area (Å²) < 4.78 is 5.94. The van der Waals surface area contributed by atoms with Crippen molar-refractivity contribution in [3.05, 3.63) is 15.8 Å². The highest BCUT2D eigenvalue weighted by Gasteiger charge is 2.22. The van der Waals surface area contributed by atoms with Gasteiger partial charge in [0.05, 0.1) is 0 Å². The van der Waals surface area contributed by atoms with Gasteiger partial charge in [-0.05, 0) is 25.7 Å². The van der Waals surface area contributed by atoms with Crippen LogP contribution in [0.1, 0.15) is 23.3 Å². The molecule has 1 aromatic rings. The van der Waals surface area contributed by atoms with Crippen LogP contribution in [-0.4, -0.2) is 19.2 Å². The third-order valence-corrected chi connectivity index (χ3v) is 4.13. The lowest BCUT2D eigenvalue weighted by molar-refractivity contribution is 0.141. The van der Waals surface area contributed by atoms with E-state index in [0.29, 0.717) is 6.10 Å². The number of hydrogen-bond acceptors (Lipinski definition) is 3. The molecule has 1 aliphatic heterocycles. The van der Waals surface area contributed by atoms with E-state index in [2.05, 4.69) is 10.7 Å². The van der Waals surface area contributed by atoms with Gasteiger partial charge in [0.15, 0.2) is 0 Å². The number of thiophene rings is 1. The van der Waals surface area contributed by atoms with E-state index in [4.69, 9.17) is 4.74 Å². The van der Waals surface area contributed by atoms with Crippen LogP contribution >= 0.6 is 11.3 Å². The zero-order chi connectivity index (χ0) is 9.38. The van der Waals surface area contributed by atoms with E-state index in [-0.39, 0.29) is 0 Å². The average Bonchev–Trinajstić information content (AvgIpc) is 2.55. The van der Waals surface area contributed by atoms with Gasteiger partial charge < -0.3 is 10.1 Å². The number of ether oxygens (including phenoxy) is 1. The Morgan fingerprint density at radius 1 is 1.29 bits per heavy atom. The largest absolute Gasteiger partial charge is 0.487 e. The molecule has 0 aromatic carbocycles. The molecular weight excluding hydrogens is 194 g/mol. The topological polar surface area (TPSA) is 21.3 Å². The van der Waals surface area contributed by atoms with Gasteiger partial charge in [-0.3, -0.25) is 0 Å². The Balaban J connectivity index is 1.79. The third-order valence-electron chi connectivity index (χ3n) is 3.06. The fraction of sp³-hybridized carbons (Fsp3) is 0.636. The van der Waals surface area contributed by atoms with E-state index in [1.54, 1.807) is 4.88 Å². The van der Waals surface area contributed by atoms with Crippen LogP contribution in [0.5, 0.6) is 5.75 Å². The van der Waals surface area contributed by atoms with Gasteiger partial charge in [-0.2, -0.15) is 0 Å². The molecule has 14 heavy (non-hydrogen) atoms. The molecule has 2 aliphatic rings. The smallest absolute Gasteiger partial charge is 0.134 e. The Labute approximate surface area is 88.3 Å². The Morgan fingerprint density at radius 3 is 2.93 bits per heavy atom. The van der Waals surface area contributed by atoms with Crippen LogP contribution < -0.4 is 10.1 Å². The first-order chi connectivity index (χ1) is 6.93. The lowest BCUT2D eigenvalue weighted by Crippen LogP contribution is -2.50. The van der Waals surface area contributed by atoms with Gasteiger partial charge in [-0.25, -0.2) is 0 Å². The number of nitrogens with one attached hydrogen (secondary N) is 1. The predicted octanol–water partition coefficient (Wildman–Crippen LogP) is 1.98. The van der Waals surface area contributed by atoms with Crippen LogP contribution in [-0.2, 0) is 12.8 Å². The lowest BCUT2D eigenvalue weighted by Gasteiger charge is -2.28.